The van der Waals surface area contributed by atoms with Crippen LogP contribution in [0.15, 0.2) is 24.2 Å². The molecule has 0 atom stereocenters. The van der Waals surface area contributed by atoms with Crippen molar-refractivity contribution in [3.05, 3.63) is 35.3 Å². The molecule has 4 heteroatoms. The van der Waals surface area contributed by atoms with Gasteiger partial charge in [-0.2, -0.15) is 0 Å². The van der Waals surface area contributed by atoms with Gasteiger partial charge in [0.2, 0.25) is 0 Å². The van der Waals surface area contributed by atoms with E-state index in [9.17, 15) is 9.59 Å². The molecular weight excluding hydrogens is 232 g/mol. The van der Waals surface area contributed by atoms with Crippen LogP contribution in [0.1, 0.15) is 52.9 Å². The van der Waals surface area contributed by atoms with Gasteiger partial charge >= 0.3 is 11.9 Å². The van der Waals surface area contributed by atoms with Crippen LogP contribution in [0.25, 0.3) is 0 Å². The second-order valence-electron chi connectivity index (χ2n) is 3.52. The Balaban J connectivity index is 3.44. The third kappa shape index (κ3) is 3.87. The van der Waals surface area contributed by atoms with Crippen LogP contribution in [0.5, 0.6) is 0 Å². The molecule has 1 rings (SSSR count). The Morgan fingerprint density at radius 2 is 1.39 bits per heavy atom. The van der Waals surface area contributed by atoms with Crippen molar-refractivity contribution in [2.75, 3.05) is 13.2 Å². The normalized spacial score (nSPS) is 13.0. The fraction of sp³-hybridized carbons (Fsp3) is 0.429. The average molecular weight is 254 g/mol. The molecule has 1 aromatic rings. The van der Waals surface area contributed by atoms with Crippen molar-refractivity contribution in [3.8, 4) is 0 Å². The van der Waals surface area contributed by atoms with E-state index < -0.39 is 47.2 Å². The summed E-state index contributed by atoms with van der Waals surface area (Å²) < 4.78 is 40.7. The van der Waals surface area contributed by atoms with Gasteiger partial charge < -0.3 is 9.47 Å². The molecule has 0 N–H and O–H groups in total. The number of benzene rings is 1. The maximum Gasteiger partial charge on any atom is 0.339 e. The predicted octanol–water partition coefficient (Wildman–Crippen LogP) is 2.82. The minimum absolute atomic E-state index is 0.0883. The standard InChI is InChI=1S/C14H18O4/c1-3-9-17-13(15)11-7-5-6-8-12(11)14(16)18-10-4-2/h5-8H,3-4,9-10H2,1-2H3/i5D,6D,7D,8D. The molecule has 0 fully saturated rings. The summed E-state index contributed by atoms with van der Waals surface area (Å²) in [6.07, 6.45) is 1.10. The van der Waals surface area contributed by atoms with Crippen LogP contribution in [0.4, 0.5) is 0 Å². The van der Waals surface area contributed by atoms with Crippen LogP contribution in [0.3, 0.4) is 0 Å². The molecule has 0 heterocycles. The molecule has 18 heavy (non-hydrogen) atoms. The van der Waals surface area contributed by atoms with Crippen molar-refractivity contribution in [3.63, 3.8) is 0 Å². The molecule has 0 aliphatic rings. The van der Waals surface area contributed by atoms with E-state index in [-0.39, 0.29) is 13.2 Å². The lowest BCUT2D eigenvalue weighted by Crippen LogP contribution is -2.14. The molecule has 0 unspecified atom stereocenters. The molecule has 0 amide bonds. The molecule has 0 bridgehead atoms. The Bertz CT molecular complexity index is 536. The van der Waals surface area contributed by atoms with E-state index in [1.165, 1.54) is 0 Å². The molecular formula is C14H18O4. The van der Waals surface area contributed by atoms with Gasteiger partial charge in [0, 0.05) is 0 Å². The minimum atomic E-state index is -0.961. The summed E-state index contributed by atoms with van der Waals surface area (Å²) in [6, 6.07) is -2.41. The highest BCUT2D eigenvalue weighted by atomic mass is 16.5. The Morgan fingerprint density at radius 3 is 1.72 bits per heavy atom. The summed E-state index contributed by atoms with van der Waals surface area (Å²) in [6.45, 7) is 3.74. The third-order valence-corrected chi connectivity index (χ3v) is 1.97. The van der Waals surface area contributed by atoms with Crippen molar-refractivity contribution in [2.24, 2.45) is 0 Å². The fourth-order valence-corrected chi connectivity index (χ4v) is 1.15. The largest absolute Gasteiger partial charge is 0.462 e. The number of hydrogen-bond acceptors (Lipinski definition) is 4. The van der Waals surface area contributed by atoms with Crippen LogP contribution < -0.4 is 0 Å². The Labute approximate surface area is 113 Å². The zero-order chi connectivity index (χ0) is 16.9. The quantitative estimate of drug-likeness (QED) is 0.732. The highest BCUT2D eigenvalue weighted by Gasteiger charge is 2.18. The van der Waals surface area contributed by atoms with Crippen molar-refractivity contribution in [2.45, 2.75) is 26.7 Å². The molecule has 0 saturated heterocycles. The summed E-state index contributed by atoms with van der Waals surface area (Å²) in [4.78, 5) is 24.1. The summed E-state index contributed by atoms with van der Waals surface area (Å²) in [5.74, 6) is -1.92. The number of carbonyl (C=O) groups is 2. The Morgan fingerprint density at radius 1 is 1.00 bits per heavy atom. The van der Waals surface area contributed by atoms with Crippen LogP contribution in [0, 0.1) is 0 Å². The molecule has 0 aliphatic carbocycles. The molecule has 0 aromatic heterocycles. The van der Waals surface area contributed by atoms with Gasteiger partial charge in [-0.15, -0.1) is 0 Å². The van der Waals surface area contributed by atoms with E-state index in [0.29, 0.717) is 12.8 Å². The third-order valence-electron chi connectivity index (χ3n) is 1.97. The Hall–Kier alpha value is -1.84. The lowest BCUT2D eigenvalue weighted by Gasteiger charge is -2.08. The zero-order valence-electron chi connectivity index (χ0n) is 14.5. The van der Waals surface area contributed by atoms with Crippen molar-refractivity contribution >= 4 is 11.9 Å². The maximum absolute atomic E-state index is 12.1. The molecule has 98 valence electrons. The molecule has 0 aliphatic heterocycles. The van der Waals surface area contributed by atoms with Crippen LogP contribution in [-0.2, 0) is 9.47 Å². The molecule has 4 nitrogen and oxygen atoms in total. The molecule has 0 spiro atoms. The van der Waals surface area contributed by atoms with Crippen LogP contribution >= 0.6 is 0 Å². The van der Waals surface area contributed by atoms with E-state index in [1.54, 1.807) is 13.8 Å². The van der Waals surface area contributed by atoms with Crippen molar-refractivity contribution in [1.82, 2.24) is 0 Å². The summed E-state index contributed by atoms with van der Waals surface area (Å²) >= 11 is 0. The first-order valence-corrected chi connectivity index (χ1v) is 5.81. The first-order chi connectivity index (χ1) is 10.4. The first kappa shape index (κ1) is 9.14. The van der Waals surface area contributed by atoms with Crippen molar-refractivity contribution in [1.29, 1.82) is 0 Å². The molecule has 0 radical (unpaired) electrons. The van der Waals surface area contributed by atoms with Gasteiger partial charge in [-0.1, -0.05) is 25.9 Å². The number of rotatable bonds is 6. The van der Waals surface area contributed by atoms with Gasteiger partial charge in [-0.05, 0) is 24.9 Å². The van der Waals surface area contributed by atoms with Gasteiger partial charge in [-0.25, -0.2) is 9.59 Å². The van der Waals surface area contributed by atoms with Gasteiger partial charge in [-0.3, -0.25) is 0 Å². The number of carbonyl (C=O) groups excluding carboxylic acids is 2. The van der Waals surface area contributed by atoms with E-state index in [4.69, 9.17) is 15.0 Å². The minimum Gasteiger partial charge on any atom is -0.462 e. The van der Waals surface area contributed by atoms with E-state index in [0.717, 1.165) is 0 Å². The van der Waals surface area contributed by atoms with Crippen LogP contribution in [-0.4, -0.2) is 25.2 Å². The molecule has 1 aromatic carbocycles. The number of hydrogen-bond donors (Lipinski definition) is 0. The SMILES string of the molecule is [2H]c1c([2H])c([2H])c(C(=O)OCCC)c(C(=O)OCCC)c1[2H]. The average Bonchev–Trinajstić information content (AvgIpc) is 2.51. The second-order valence-corrected chi connectivity index (χ2v) is 3.52. The van der Waals surface area contributed by atoms with Gasteiger partial charge in [0.15, 0.2) is 0 Å². The summed E-state index contributed by atoms with van der Waals surface area (Å²) in [7, 11) is 0. The highest BCUT2D eigenvalue weighted by molar-refractivity contribution is 6.03. The van der Waals surface area contributed by atoms with E-state index in [2.05, 4.69) is 0 Å². The number of esters is 2. The zero-order valence-corrected chi connectivity index (χ0v) is 10.5. The first-order valence-electron chi connectivity index (χ1n) is 7.81. The maximum atomic E-state index is 12.1. The lowest BCUT2D eigenvalue weighted by molar-refractivity contribution is 0.0458. The number of ether oxygens (including phenoxy) is 2. The summed E-state index contributed by atoms with van der Waals surface area (Å²) in [5, 5.41) is 0. The fourth-order valence-electron chi connectivity index (χ4n) is 1.15. The van der Waals surface area contributed by atoms with Crippen molar-refractivity contribution < 1.29 is 24.5 Å². The highest BCUT2D eigenvalue weighted by Crippen LogP contribution is 2.12. The van der Waals surface area contributed by atoms with E-state index in [1.807, 2.05) is 0 Å². The summed E-state index contributed by atoms with van der Waals surface area (Å²) in [5.41, 5.74) is -0.971. The van der Waals surface area contributed by atoms with E-state index >= 15 is 0 Å². The predicted molar refractivity (Wildman–Crippen MR) is 67.6 cm³/mol. The van der Waals surface area contributed by atoms with Gasteiger partial charge in [0.1, 0.15) is 0 Å². The lowest BCUT2D eigenvalue weighted by atomic mass is 10.1. The van der Waals surface area contributed by atoms with Gasteiger partial charge in [0.25, 0.3) is 0 Å². The van der Waals surface area contributed by atoms with Crippen LogP contribution in [0.2, 0.25) is 0 Å². The van der Waals surface area contributed by atoms with Gasteiger partial charge in [0.05, 0.1) is 29.8 Å². The Kier molecular flexibility index (Phi) is 3.80. The smallest absolute Gasteiger partial charge is 0.339 e. The second kappa shape index (κ2) is 7.48. The topological polar surface area (TPSA) is 52.6 Å². The monoisotopic (exact) mass is 254 g/mol. The molecule has 0 saturated carbocycles.